The molecule has 0 aliphatic carbocycles. The zero-order chi connectivity index (χ0) is 18.9. The van der Waals surface area contributed by atoms with E-state index in [1.165, 1.54) is 11.1 Å². The summed E-state index contributed by atoms with van der Waals surface area (Å²) in [6.45, 7) is 4.65. The molecule has 0 atom stereocenters. The lowest BCUT2D eigenvalue weighted by Gasteiger charge is -2.14. The number of benzene rings is 2. The van der Waals surface area contributed by atoms with Crippen LogP contribution in [0.25, 0.3) is 0 Å². The van der Waals surface area contributed by atoms with Crippen LogP contribution in [0.3, 0.4) is 0 Å². The average Bonchev–Trinajstić information content (AvgIpc) is 2.69. The van der Waals surface area contributed by atoms with Gasteiger partial charge in [0.25, 0.3) is 0 Å². The predicted molar refractivity (Wildman–Crippen MR) is 111 cm³/mol. The Balaban J connectivity index is 1.52. The summed E-state index contributed by atoms with van der Waals surface area (Å²) in [5.41, 5.74) is 3.54. The van der Waals surface area contributed by atoms with Gasteiger partial charge < -0.3 is 14.8 Å². The number of hydrogen-bond donors (Lipinski definition) is 1. The number of nitrogens with zero attached hydrogens (tertiary/aromatic N) is 1. The van der Waals surface area contributed by atoms with Gasteiger partial charge in [0.1, 0.15) is 19.0 Å². The summed E-state index contributed by atoms with van der Waals surface area (Å²) in [7, 11) is 0. The lowest BCUT2D eigenvalue weighted by molar-refractivity contribution is 0.294. The third kappa shape index (κ3) is 6.08. The number of aryl methyl sites for hydroxylation is 1. The summed E-state index contributed by atoms with van der Waals surface area (Å²) >= 11 is 3.54. The lowest BCUT2D eigenvalue weighted by Crippen LogP contribution is -2.21. The molecule has 0 spiro atoms. The first-order valence-electron chi connectivity index (χ1n) is 8.92. The molecule has 0 fully saturated rings. The fraction of sp³-hybridized carbons (Fsp3) is 0.227. The molecule has 0 radical (unpaired) electrons. The summed E-state index contributed by atoms with van der Waals surface area (Å²) in [6.07, 6.45) is 1.72. The van der Waals surface area contributed by atoms with Crippen molar-refractivity contribution in [1.82, 2.24) is 10.3 Å². The van der Waals surface area contributed by atoms with Gasteiger partial charge in [0.05, 0.1) is 0 Å². The molecule has 0 aliphatic heterocycles. The second-order valence-corrected chi connectivity index (χ2v) is 7.08. The third-order valence-corrected chi connectivity index (χ3v) is 4.64. The van der Waals surface area contributed by atoms with Crippen LogP contribution in [0.4, 0.5) is 0 Å². The van der Waals surface area contributed by atoms with Crippen LogP contribution in [0, 0.1) is 6.92 Å². The van der Waals surface area contributed by atoms with E-state index in [-0.39, 0.29) is 0 Å². The first kappa shape index (κ1) is 19.4. The van der Waals surface area contributed by atoms with Crippen molar-refractivity contribution in [3.63, 3.8) is 0 Å². The van der Waals surface area contributed by atoms with Gasteiger partial charge in [-0.05, 0) is 42.3 Å². The molecule has 27 heavy (non-hydrogen) atoms. The molecule has 1 aromatic heterocycles. The number of pyridine rings is 1. The maximum atomic E-state index is 6.08. The zero-order valence-electron chi connectivity index (χ0n) is 15.3. The largest absolute Gasteiger partial charge is 0.489 e. The molecule has 1 heterocycles. The summed E-state index contributed by atoms with van der Waals surface area (Å²) in [5.74, 6) is 1.53. The molecular formula is C22H23BrN2O2. The molecule has 0 aliphatic rings. The number of halogens is 1. The van der Waals surface area contributed by atoms with E-state index in [1.54, 1.807) is 6.20 Å². The molecule has 4 nitrogen and oxygen atoms in total. The fourth-order valence-electron chi connectivity index (χ4n) is 2.64. The number of aromatic nitrogens is 1. The smallest absolute Gasteiger partial charge is 0.213 e. The Morgan fingerprint density at radius 3 is 2.63 bits per heavy atom. The Labute approximate surface area is 168 Å². The van der Waals surface area contributed by atoms with Gasteiger partial charge in [0.2, 0.25) is 5.88 Å². The van der Waals surface area contributed by atoms with Gasteiger partial charge in [-0.2, -0.15) is 0 Å². The first-order chi connectivity index (χ1) is 13.2. The van der Waals surface area contributed by atoms with Crippen molar-refractivity contribution in [1.29, 1.82) is 0 Å². The second-order valence-electron chi connectivity index (χ2n) is 6.16. The summed E-state index contributed by atoms with van der Waals surface area (Å²) in [6, 6.07) is 20.0. The van der Waals surface area contributed by atoms with Crippen LogP contribution in [0.2, 0.25) is 0 Å². The second kappa shape index (κ2) is 10.1. The molecule has 2 aromatic carbocycles. The fourth-order valence-corrected chi connectivity index (χ4v) is 3.05. The van der Waals surface area contributed by atoms with E-state index >= 15 is 0 Å². The van der Waals surface area contributed by atoms with E-state index in [1.807, 2.05) is 42.5 Å². The van der Waals surface area contributed by atoms with E-state index in [0.717, 1.165) is 22.3 Å². The number of nitrogens with one attached hydrogen (secondary N) is 1. The van der Waals surface area contributed by atoms with Crippen molar-refractivity contribution in [3.8, 4) is 11.6 Å². The highest BCUT2D eigenvalue weighted by Gasteiger charge is 2.06. The van der Waals surface area contributed by atoms with Gasteiger partial charge >= 0.3 is 0 Å². The van der Waals surface area contributed by atoms with Crippen molar-refractivity contribution in [2.75, 3.05) is 13.2 Å². The monoisotopic (exact) mass is 426 g/mol. The summed E-state index contributed by atoms with van der Waals surface area (Å²) in [5, 5.41) is 3.40. The molecule has 1 N–H and O–H groups in total. The molecule has 0 amide bonds. The maximum Gasteiger partial charge on any atom is 0.213 e. The van der Waals surface area contributed by atoms with Crippen LogP contribution in [0.15, 0.2) is 71.3 Å². The van der Waals surface area contributed by atoms with Gasteiger partial charge in [-0.15, -0.1) is 0 Å². The maximum absolute atomic E-state index is 6.08. The molecule has 5 heteroatoms. The van der Waals surface area contributed by atoms with Crippen LogP contribution < -0.4 is 14.8 Å². The normalized spacial score (nSPS) is 10.6. The average molecular weight is 427 g/mol. The van der Waals surface area contributed by atoms with Crippen molar-refractivity contribution < 1.29 is 9.47 Å². The van der Waals surface area contributed by atoms with E-state index in [9.17, 15) is 0 Å². The minimum atomic E-state index is 0.560. The van der Waals surface area contributed by atoms with Gasteiger partial charge in [0.15, 0.2) is 0 Å². The Morgan fingerprint density at radius 1 is 0.963 bits per heavy atom. The lowest BCUT2D eigenvalue weighted by atomic mass is 10.1. The molecule has 0 bridgehead atoms. The van der Waals surface area contributed by atoms with Gasteiger partial charge in [-0.3, -0.25) is 0 Å². The molecule has 3 rings (SSSR count). The molecule has 3 aromatic rings. The minimum absolute atomic E-state index is 0.560. The summed E-state index contributed by atoms with van der Waals surface area (Å²) < 4.78 is 12.7. The van der Waals surface area contributed by atoms with Gasteiger partial charge in [-0.1, -0.05) is 46.3 Å². The van der Waals surface area contributed by atoms with Crippen LogP contribution in [0.5, 0.6) is 11.6 Å². The van der Waals surface area contributed by atoms with Crippen molar-refractivity contribution >= 4 is 15.9 Å². The standard InChI is InChI=1S/C22H23BrN2O2/c1-17-6-2-3-7-18(17)16-27-21-10-9-20(23)14-19(21)15-24-12-13-26-22-8-4-5-11-25-22/h2-11,14,24H,12-13,15-16H2,1H3. The van der Waals surface area contributed by atoms with E-state index in [0.29, 0.717) is 25.6 Å². The van der Waals surface area contributed by atoms with Crippen LogP contribution in [-0.4, -0.2) is 18.1 Å². The zero-order valence-corrected chi connectivity index (χ0v) is 16.9. The van der Waals surface area contributed by atoms with Crippen LogP contribution in [0.1, 0.15) is 16.7 Å². The van der Waals surface area contributed by atoms with Crippen LogP contribution >= 0.6 is 15.9 Å². The Kier molecular flexibility index (Phi) is 7.25. The molecule has 0 saturated heterocycles. The molecule has 0 unspecified atom stereocenters. The van der Waals surface area contributed by atoms with Gasteiger partial charge in [0, 0.05) is 35.4 Å². The molecule has 140 valence electrons. The first-order valence-corrected chi connectivity index (χ1v) is 9.72. The van der Waals surface area contributed by atoms with E-state index in [4.69, 9.17) is 9.47 Å². The highest BCUT2D eigenvalue weighted by molar-refractivity contribution is 9.10. The Morgan fingerprint density at radius 2 is 1.81 bits per heavy atom. The third-order valence-electron chi connectivity index (χ3n) is 4.15. The van der Waals surface area contributed by atoms with Crippen LogP contribution in [-0.2, 0) is 13.2 Å². The Bertz CT molecular complexity index is 856. The topological polar surface area (TPSA) is 43.4 Å². The van der Waals surface area contributed by atoms with Crippen molar-refractivity contribution in [2.45, 2.75) is 20.1 Å². The van der Waals surface area contributed by atoms with E-state index in [2.05, 4.69) is 51.4 Å². The quantitative estimate of drug-likeness (QED) is 0.494. The summed E-state index contributed by atoms with van der Waals surface area (Å²) in [4.78, 5) is 4.14. The minimum Gasteiger partial charge on any atom is -0.489 e. The number of rotatable bonds is 9. The van der Waals surface area contributed by atoms with Crippen molar-refractivity contribution in [3.05, 3.63) is 88.0 Å². The molecular weight excluding hydrogens is 404 g/mol. The number of ether oxygens (including phenoxy) is 2. The SMILES string of the molecule is Cc1ccccc1COc1ccc(Br)cc1CNCCOc1ccccn1. The van der Waals surface area contributed by atoms with E-state index < -0.39 is 0 Å². The van der Waals surface area contributed by atoms with Gasteiger partial charge in [-0.25, -0.2) is 4.98 Å². The highest BCUT2D eigenvalue weighted by atomic mass is 79.9. The molecule has 0 saturated carbocycles. The predicted octanol–water partition coefficient (Wildman–Crippen LogP) is 4.90. The highest BCUT2D eigenvalue weighted by Crippen LogP contribution is 2.24. The number of hydrogen-bond acceptors (Lipinski definition) is 4. The van der Waals surface area contributed by atoms with Crippen molar-refractivity contribution in [2.24, 2.45) is 0 Å². The Hall–Kier alpha value is -2.37.